The first kappa shape index (κ1) is 19.6. The van der Waals surface area contributed by atoms with Gasteiger partial charge in [0, 0.05) is 4.88 Å². The fraction of sp³-hybridized carbons (Fsp3) is 0.714. The van der Waals surface area contributed by atoms with Gasteiger partial charge in [-0.2, -0.15) is 4.68 Å². The van der Waals surface area contributed by atoms with Crippen LogP contribution in [-0.2, 0) is 28.9 Å². The van der Waals surface area contributed by atoms with E-state index in [4.69, 9.17) is 4.74 Å². The van der Waals surface area contributed by atoms with Crippen LogP contribution in [0.4, 0.5) is 0 Å². The van der Waals surface area contributed by atoms with Crippen molar-refractivity contribution in [2.75, 3.05) is 0 Å². The third-order valence-electron chi connectivity index (χ3n) is 6.29. The Hall–Kier alpha value is -1.76. The maximum Gasteiger partial charge on any atom is 0.328 e. The summed E-state index contributed by atoms with van der Waals surface area (Å²) in [6.07, 6.45) is 8.17. The SMILES string of the molecule is CC(C)(C)[C@H]1CCc2c(sc3nnn(CC(=O)OC4CCCCC4)c(=O)c23)C1. The summed E-state index contributed by atoms with van der Waals surface area (Å²) in [5.74, 6) is 0.216. The van der Waals surface area contributed by atoms with Crippen molar-refractivity contribution in [3.8, 4) is 0 Å². The number of ether oxygens (including phenoxy) is 1. The van der Waals surface area contributed by atoms with E-state index in [1.165, 1.54) is 16.0 Å². The van der Waals surface area contributed by atoms with E-state index in [1.54, 1.807) is 11.3 Å². The van der Waals surface area contributed by atoms with Crippen molar-refractivity contribution in [1.82, 2.24) is 15.0 Å². The van der Waals surface area contributed by atoms with Gasteiger partial charge in [0.05, 0.1) is 5.39 Å². The molecule has 6 nitrogen and oxygen atoms in total. The number of fused-ring (bicyclic) bond motifs is 3. The summed E-state index contributed by atoms with van der Waals surface area (Å²) in [5, 5.41) is 8.93. The third-order valence-corrected chi connectivity index (χ3v) is 7.43. The highest BCUT2D eigenvalue weighted by Crippen LogP contribution is 2.41. The largest absolute Gasteiger partial charge is 0.461 e. The van der Waals surface area contributed by atoms with Crippen molar-refractivity contribution < 1.29 is 9.53 Å². The molecule has 2 aromatic heterocycles. The summed E-state index contributed by atoms with van der Waals surface area (Å²) in [5.41, 5.74) is 1.16. The predicted octanol–water partition coefficient (Wildman–Crippen LogP) is 3.88. The number of carbonyl (C=O) groups excluding carboxylic acids is 1. The highest BCUT2D eigenvalue weighted by atomic mass is 32.1. The molecule has 2 aliphatic rings. The second kappa shape index (κ2) is 7.58. The van der Waals surface area contributed by atoms with Gasteiger partial charge in [-0.3, -0.25) is 9.59 Å². The van der Waals surface area contributed by atoms with Crippen molar-refractivity contribution in [2.45, 2.75) is 84.8 Å². The molecular weight excluding hydrogens is 374 g/mol. The topological polar surface area (TPSA) is 74.1 Å². The van der Waals surface area contributed by atoms with Gasteiger partial charge in [-0.1, -0.05) is 32.4 Å². The Morgan fingerprint density at radius 3 is 2.68 bits per heavy atom. The Morgan fingerprint density at radius 2 is 1.96 bits per heavy atom. The molecule has 2 heterocycles. The molecule has 0 spiro atoms. The zero-order chi connectivity index (χ0) is 19.9. The molecule has 7 heteroatoms. The number of aryl methyl sites for hydroxylation is 1. The molecule has 4 rings (SSSR count). The zero-order valence-electron chi connectivity index (χ0n) is 17.0. The fourth-order valence-electron chi connectivity index (χ4n) is 4.50. The van der Waals surface area contributed by atoms with Gasteiger partial charge >= 0.3 is 5.97 Å². The molecule has 0 bridgehead atoms. The minimum Gasteiger partial charge on any atom is -0.461 e. The van der Waals surface area contributed by atoms with E-state index >= 15 is 0 Å². The molecule has 1 fully saturated rings. The standard InChI is InChI=1S/C21H29N3O3S/c1-21(2,3)13-9-10-15-16(11-13)28-19-18(15)20(26)24(23-22-19)12-17(25)27-14-7-5-4-6-8-14/h13-14H,4-12H2,1-3H3/t13-/m0/s1. The van der Waals surface area contributed by atoms with E-state index in [-0.39, 0.29) is 29.6 Å². The van der Waals surface area contributed by atoms with Gasteiger partial charge in [0.1, 0.15) is 12.6 Å². The minimum absolute atomic E-state index is 0.0168. The zero-order valence-corrected chi connectivity index (χ0v) is 17.8. The highest BCUT2D eigenvalue weighted by Gasteiger charge is 2.32. The minimum atomic E-state index is -0.389. The van der Waals surface area contributed by atoms with E-state index in [0.717, 1.165) is 50.5 Å². The monoisotopic (exact) mass is 403 g/mol. The van der Waals surface area contributed by atoms with Crippen LogP contribution >= 0.6 is 11.3 Å². The summed E-state index contributed by atoms with van der Waals surface area (Å²) < 4.78 is 6.72. The second-order valence-electron chi connectivity index (χ2n) is 9.29. The van der Waals surface area contributed by atoms with Gasteiger partial charge in [0.2, 0.25) is 0 Å². The molecule has 152 valence electrons. The van der Waals surface area contributed by atoms with Crippen molar-refractivity contribution in [3.63, 3.8) is 0 Å². The summed E-state index contributed by atoms with van der Waals surface area (Å²) in [6, 6.07) is 0. The van der Waals surface area contributed by atoms with E-state index < -0.39 is 0 Å². The number of carbonyl (C=O) groups is 1. The molecular formula is C21H29N3O3S. The summed E-state index contributed by atoms with van der Waals surface area (Å²) in [4.78, 5) is 27.3. The van der Waals surface area contributed by atoms with Crippen LogP contribution in [0, 0.1) is 11.3 Å². The van der Waals surface area contributed by atoms with Crippen LogP contribution in [0.1, 0.15) is 69.7 Å². The van der Waals surface area contributed by atoms with Crippen molar-refractivity contribution in [3.05, 3.63) is 20.8 Å². The lowest BCUT2D eigenvalue weighted by Gasteiger charge is -2.33. The maximum absolute atomic E-state index is 13.0. The molecule has 0 unspecified atom stereocenters. The first-order valence-electron chi connectivity index (χ1n) is 10.4. The van der Waals surface area contributed by atoms with Crippen LogP contribution in [0.5, 0.6) is 0 Å². The van der Waals surface area contributed by atoms with Crippen molar-refractivity contribution in [2.24, 2.45) is 11.3 Å². The first-order chi connectivity index (χ1) is 13.3. The Kier molecular flexibility index (Phi) is 5.29. The van der Waals surface area contributed by atoms with Crippen LogP contribution in [0.3, 0.4) is 0 Å². The Morgan fingerprint density at radius 1 is 1.21 bits per heavy atom. The highest BCUT2D eigenvalue weighted by molar-refractivity contribution is 7.18. The van der Waals surface area contributed by atoms with Gasteiger partial charge in [-0.15, -0.1) is 16.4 Å². The smallest absolute Gasteiger partial charge is 0.328 e. The van der Waals surface area contributed by atoms with Crippen LogP contribution in [0.25, 0.3) is 10.2 Å². The number of nitrogens with zero attached hydrogens (tertiary/aromatic N) is 3. The number of hydrogen-bond donors (Lipinski definition) is 0. The molecule has 1 saturated carbocycles. The summed E-state index contributed by atoms with van der Waals surface area (Å²) in [7, 11) is 0. The van der Waals surface area contributed by atoms with Crippen molar-refractivity contribution >= 4 is 27.5 Å². The number of aromatic nitrogens is 3. The molecule has 0 amide bonds. The van der Waals surface area contributed by atoms with Crippen LogP contribution in [0.15, 0.2) is 4.79 Å². The lowest BCUT2D eigenvalue weighted by molar-refractivity contribution is -0.151. The van der Waals surface area contributed by atoms with Crippen LogP contribution in [0.2, 0.25) is 0 Å². The molecule has 2 aliphatic carbocycles. The number of thiophene rings is 1. The van der Waals surface area contributed by atoms with E-state index in [0.29, 0.717) is 16.1 Å². The van der Waals surface area contributed by atoms with E-state index in [1.807, 2.05) is 0 Å². The number of esters is 1. The third kappa shape index (κ3) is 3.86. The van der Waals surface area contributed by atoms with Crippen molar-refractivity contribution in [1.29, 1.82) is 0 Å². The first-order valence-corrected chi connectivity index (χ1v) is 11.2. The quantitative estimate of drug-likeness (QED) is 0.727. The maximum atomic E-state index is 13.0. The number of hydrogen-bond acceptors (Lipinski definition) is 6. The van der Waals surface area contributed by atoms with Gasteiger partial charge in [-0.05, 0) is 61.8 Å². The fourth-order valence-corrected chi connectivity index (χ4v) is 5.73. The molecule has 0 saturated heterocycles. The Balaban J connectivity index is 1.56. The molecule has 0 N–H and O–H groups in total. The number of rotatable bonds is 3. The summed E-state index contributed by atoms with van der Waals surface area (Å²) in [6.45, 7) is 6.68. The van der Waals surface area contributed by atoms with Crippen LogP contribution in [-0.4, -0.2) is 27.1 Å². The van der Waals surface area contributed by atoms with E-state index in [2.05, 4.69) is 31.1 Å². The lowest BCUT2D eigenvalue weighted by Crippen LogP contribution is -2.31. The average molecular weight is 404 g/mol. The lowest BCUT2D eigenvalue weighted by atomic mass is 9.72. The average Bonchev–Trinajstić information content (AvgIpc) is 3.02. The van der Waals surface area contributed by atoms with Gasteiger partial charge in [-0.25, -0.2) is 0 Å². The second-order valence-corrected chi connectivity index (χ2v) is 10.4. The van der Waals surface area contributed by atoms with Gasteiger partial charge in [0.15, 0.2) is 4.83 Å². The van der Waals surface area contributed by atoms with Gasteiger partial charge in [0.25, 0.3) is 5.56 Å². The molecule has 1 atom stereocenters. The van der Waals surface area contributed by atoms with Gasteiger partial charge < -0.3 is 4.74 Å². The Bertz CT molecular complexity index is 935. The molecule has 0 radical (unpaired) electrons. The Labute approximate surface area is 169 Å². The summed E-state index contributed by atoms with van der Waals surface area (Å²) >= 11 is 1.59. The normalized spacial score (nSPS) is 20.9. The van der Waals surface area contributed by atoms with Crippen LogP contribution < -0.4 is 5.56 Å². The predicted molar refractivity (Wildman–Crippen MR) is 110 cm³/mol. The van der Waals surface area contributed by atoms with E-state index in [9.17, 15) is 9.59 Å². The molecule has 2 aromatic rings. The molecule has 28 heavy (non-hydrogen) atoms. The molecule has 0 aliphatic heterocycles. The molecule has 0 aromatic carbocycles.